The van der Waals surface area contributed by atoms with Gasteiger partial charge in [0.05, 0.1) is 0 Å². The van der Waals surface area contributed by atoms with Crippen molar-refractivity contribution in [1.82, 2.24) is 10.2 Å². The van der Waals surface area contributed by atoms with E-state index in [4.69, 9.17) is 9.84 Å². The van der Waals surface area contributed by atoms with Crippen LogP contribution in [0.2, 0.25) is 0 Å². The number of aliphatic carboxylic acids is 1. The molecule has 0 saturated heterocycles. The SMILES string of the molecule is CSC1CCC(N(C)C(=O)C(CCC(=O)O)NC(=O)OCC2c3ccccc3-c3ccccc32)C1. The van der Waals surface area contributed by atoms with Crippen molar-refractivity contribution in [3.63, 3.8) is 0 Å². The van der Waals surface area contributed by atoms with Gasteiger partial charge >= 0.3 is 12.1 Å². The number of nitrogens with zero attached hydrogens (tertiary/aromatic N) is 1. The summed E-state index contributed by atoms with van der Waals surface area (Å²) in [5.41, 5.74) is 4.47. The lowest BCUT2D eigenvalue weighted by Crippen LogP contribution is -2.50. The monoisotopic (exact) mass is 496 g/mol. The van der Waals surface area contributed by atoms with Crippen LogP contribution < -0.4 is 5.32 Å². The van der Waals surface area contributed by atoms with Gasteiger partial charge in [0.1, 0.15) is 12.6 Å². The summed E-state index contributed by atoms with van der Waals surface area (Å²) in [7, 11) is 1.74. The summed E-state index contributed by atoms with van der Waals surface area (Å²) in [5, 5.41) is 12.3. The second-order valence-electron chi connectivity index (χ2n) is 9.23. The molecule has 0 bridgehead atoms. The van der Waals surface area contributed by atoms with Gasteiger partial charge in [0.25, 0.3) is 0 Å². The zero-order chi connectivity index (χ0) is 24.9. The third-order valence-electron chi connectivity index (χ3n) is 7.17. The molecule has 0 aromatic heterocycles. The van der Waals surface area contributed by atoms with E-state index in [1.54, 1.807) is 23.7 Å². The number of ether oxygens (including phenoxy) is 1. The molecular formula is C27H32N2O5S. The van der Waals surface area contributed by atoms with E-state index in [1.165, 1.54) is 0 Å². The van der Waals surface area contributed by atoms with Gasteiger partial charge in [-0.15, -0.1) is 0 Å². The number of thioether (sulfide) groups is 1. The molecule has 2 aliphatic carbocycles. The second-order valence-corrected chi connectivity index (χ2v) is 10.4. The summed E-state index contributed by atoms with van der Waals surface area (Å²) in [6.45, 7) is 0.133. The molecule has 0 heterocycles. The molecule has 2 aliphatic rings. The molecule has 1 fully saturated rings. The zero-order valence-corrected chi connectivity index (χ0v) is 20.9. The van der Waals surface area contributed by atoms with Crippen molar-refractivity contribution in [1.29, 1.82) is 0 Å². The molecule has 1 saturated carbocycles. The first-order chi connectivity index (χ1) is 16.9. The van der Waals surface area contributed by atoms with Crippen molar-refractivity contribution in [3.8, 4) is 11.1 Å². The molecule has 2 aromatic rings. The number of carbonyl (C=O) groups excluding carboxylic acids is 2. The van der Waals surface area contributed by atoms with Crippen LogP contribution in [-0.2, 0) is 14.3 Å². The maximum Gasteiger partial charge on any atom is 0.407 e. The van der Waals surface area contributed by atoms with Crippen LogP contribution in [0.5, 0.6) is 0 Å². The van der Waals surface area contributed by atoms with Gasteiger partial charge in [0.15, 0.2) is 0 Å². The Balaban J connectivity index is 1.41. The molecule has 4 rings (SSSR count). The zero-order valence-electron chi connectivity index (χ0n) is 20.1. The number of carboxylic acid groups (broad SMARTS) is 1. The van der Waals surface area contributed by atoms with Crippen LogP contribution in [0.4, 0.5) is 4.79 Å². The Morgan fingerprint density at radius 1 is 1.09 bits per heavy atom. The number of amides is 2. The van der Waals surface area contributed by atoms with Crippen LogP contribution in [0, 0.1) is 0 Å². The van der Waals surface area contributed by atoms with Crippen molar-refractivity contribution in [2.24, 2.45) is 0 Å². The maximum absolute atomic E-state index is 13.2. The van der Waals surface area contributed by atoms with Crippen LogP contribution in [0.1, 0.15) is 49.1 Å². The minimum Gasteiger partial charge on any atom is -0.481 e. The van der Waals surface area contributed by atoms with E-state index in [9.17, 15) is 14.4 Å². The highest BCUT2D eigenvalue weighted by Crippen LogP contribution is 2.44. The number of alkyl carbamates (subject to hydrolysis) is 1. The van der Waals surface area contributed by atoms with E-state index < -0.39 is 18.1 Å². The van der Waals surface area contributed by atoms with Crippen molar-refractivity contribution in [3.05, 3.63) is 59.7 Å². The van der Waals surface area contributed by atoms with Gasteiger partial charge in [-0.2, -0.15) is 11.8 Å². The van der Waals surface area contributed by atoms with Crippen LogP contribution >= 0.6 is 11.8 Å². The van der Waals surface area contributed by atoms with E-state index in [0.29, 0.717) is 5.25 Å². The summed E-state index contributed by atoms with van der Waals surface area (Å²) in [5.74, 6) is -1.37. The predicted octanol–water partition coefficient (Wildman–Crippen LogP) is 4.50. The molecule has 0 radical (unpaired) electrons. The van der Waals surface area contributed by atoms with E-state index in [0.717, 1.165) is 41.5 Å². The van der Waals surface area contributed by atoms with Crippen molar-refractivity contribution in [2.45, 2.75) is 55.4 Å². The normalized spacial score (nSPS) is 19.5. The number of nitrogens with one attached hydrogen (secondary N) is 1. The summed E-state index contributed by atoms with van der Waals surface area (Å²) >= 11 is 1.80. The Morgan fingerprint density at radius 2 is 1.71 bits per heavy atom. The fraction of sp³-hybridized carbons (Fsp3) is 0.444. The molecule has 2 N–H and O–H groups in total. The Bertz CT molecular complexity index is 1050. The largest absolute Gasteiger partial charge is 0.481 e. The van der Waals surface area contributed by atoms with Crippen molar-refractivity contribution < 1.29 is 24.2 Å². The number of carbonyl (C=O) groups is 3. The van der Waals surface area contributed by atoms with E-state index >= 15 is 0 Å². The third-order valence-corrected chi connectivity index (χ3v) is 8.26. The molecule has 3 atom stereocenters. The molecule has 0 aliphatic heterocycles. The topological polar surface area (TPSA) is 95.9 Å². The summed E-state index contributed by atoms with van der Waals surface area (Å²) in [4.78, 5) is 38.8. The third kappa shape index (κ3) is 5.64. The number of fused-ring (bicyclic) bond motifs is 3. The molecule has 186 valence electrons. The van der Waals surface area contributed by atoms with Gasteiger partial charge in [-0.05, 0) is 54.2 Å². The van der Waals surface area contributed by atoms with Crippen LogP contribution in [0.25, 0.3) is 11.1 Å². The number of carboxylic acids is 1. The first-order valence-electron chi connectivity index (χ1n) is 12.0. The highest BCUT2D eigenvalue weighted by Gasteiger charge is 2.34. The Labute approximate surface area is 210 Å². The average Bonchev–Trinajstić information content (AvgIpc) is 3.47. The lowest BCUT2D eigenvalue weighted by Gasteiger charge is -2.29. The Morgan fingerprint density at radius 3 is 2.29 bits per heavy atom. The summed E-state index contributed by atoms with van der Waals surface area (Å²) < 4.78 is 5.60. The number of hydrogen-bond acceptors (Lipinski definition) is 5. The highest BCUT2D eigenvalue weighted by molar-refractivity contribution is 7.99. The maximum atomic E-state index is 13.2. The molecule has 7 nitrogen and oxygen atoms in total. The standard InChI is InChI=1S/C27H32N2O5S/c1-29(17-11-12-18(15-17)35-2)26(32)24(13-14-25(30)31)28-27(33)34-16-23-21-9-5-3-7-19(21)20-8-4-6-10-22(20)23/h3-10,17-18,23-24H,11-16H2,1-2H3,(H,28,33)(H,30,31). The van der Waals surface area contributed by atoms with Gasteiger partial charge in [-0.1, -0.05) is 48.5 Å². The average molecular weight is 497 g/mol. The number of likely N-dealkylation sites (N-methyl/N-ethyl adjacent to an activating group) is 1. The minimum atomic E-state index is -1.01. The smallest absolute Gasteiger partial charge is 0.407 e. The van der Waals surface area contributed by atoms with E-state index in [1.807, 2.05) is 36.4 Å². The number of benzene rings is 2. The van der Waals surface area contributed by atoms with Crippen LogP contribution in [0.15, 0.2) is 48.5 Å². The lowest BCUT2D eigenvalue weighted by molar-refractivity contribution is -0.138. The van der Waals surface area contributed by atoms with Crippen LogP contribution in [0.3, 0.4) is 0 Å². The number of hydrogen-bond donors (Lipinski definition) is 2. The fourth-order valence-electron chi connectivity index (χ4n) is 5.22. The molecule has 0 spiro atoms. The first-order valence-corrected chi connectivity index (χ1v) is 13.3. The Kier molecular flexibility index (Phi) is 8.00. The van der Waals surface area contributed by atoms with Crippen molar-refractivity contribution in [2.75, 3.05) is 19.9 Å². The van der Waals surface area contributed by atoms with E-state index in [-0.39, 0.29) is 37.3 Å². The second kappa shape index (κ2) is 11.2. The summed E-state index contributed by atoms with van der Waals surface area (Å²) in [6, 6.07) is 15.3. The van der Waals surface area contributed by atoms with Crippen molar-refractivity contribution >= 4 is 29.7 Å². The van der Waals surface area contributed by atoms with Gasteiger partial charge in [-0.25, -0.2) is 4.79 Å². The van der Waals surface area contributed by atoms with Crippen LogP contribution in [-0.4, -0.2) is 65.2 Å². The molecule has 35 heavy (non-hydrogen) atoms. The minimum absolute atomic E-state index is 0.0153. The van der Waals surface area contributed by atoms with Gasteiger partial charge in [0.2, 0.25) is 5.91 Å². The van der Waals surface area contributed by atoms with E-state index in [2.05, 4.69) is 23.7 Å². The fourth-order valence-corrected chi connectivity index (χ4v) is 6.00. The highest BCUT2D eigenvalue weighted by atomic mass is 32.2. The summed E-state index contributed by atoms with van der Waals surface area (Å²) in [6.07, 6.45) is 4.02. The molecule has 2 aromatic carbocycles. The molecule has 3 unspecified atom stereocenters. The molecule has 8 heteroatoms. The van der Waals surface area contributed by atoms with Gasteiger partial charge in [-0.3, -0.25) is 9.59 Å². The predicted molar refractivity (Wildman–Crippen MR) is 137 cm³/mol. The van der Waals surface area contributed by atoms with Gasteiger partial charge < -0.3 is 20.1 Å². The molecule has 2 amide bonds. The quantitative estimate of drug-likeness (QED) is 0.531. The molecular weight excluding hydrogens is 464 g/mol. The Hall–Kier alpha value is -3.00. The lowest BCUT2D eigenvalue weighted by atomic mass is 9.98. The first kappa shape index (κ1) is 25.1. The number of rotatable bonds is 9. The van der Waals surface area contributed by atoms with Gasteiger partial charge in [0, 0.05) is 30.7 Å².